The summed E-state index contributed by atoms with van der Waals surface area (Å²) in [7, 11) is 1.28. The average Bonchev–Trinajstić information content (AvgIpc) is 2.27. The van der Waals surface area contributed by atoms with E-state index < -0.39 is 5.97 Å². The maximum absolute atomic E-state index is 11.7. The Morgan fingerprint density at radius 3 is 2.82 bits per heavy atom. The van der Waals surface area contributed by atoms with Gasteiger partial charge in [0.1, 0.15) is 5.56 Å². The molecule has 0 fully saturated rings. The minimum atomic E-state index is -0.572. The van der Waals surface area contributed by atoms with E-state index >= 15 is 0 Å². The van der Waals surface area contributed by atoms with Crippen molar-refractivity contribution < 1.29 is 9.53 Å². The fourth-order valence-corrected chi connectivity index (χ4v) is 2.32. The van der Waals surface area contributed by atoms with Crippen LogP contribution in [0.1, 0.15) is 41.9 Å². The van der Waals surface area contributed by atoms with E-state index in [-0.39, 0.29) is 16.5 Å². The van der Waals surface area contributed by atoms with Crippen molar-refractivity contribution in [3.8, 4) is 0 Å². The number of ether oxygens (including phenoxy) is 1. The van der Waals surface area contributed by atoms with E-state index in [4.69, 9.17) is 0 Å². The molecule has 1 aromatic heterocycles. The molecule has 0 spiro atoms. The summed E-state index contributed by atoms with van der Waals surface area (Å²) in [6, 6.07) is 1.68. The normalized spacial score (nSPS) is 17.4. The Balaban J connectivity index is 2.48. The van der Waals surface area contributed by atoms with Crippen molar-refractivity contribution in [3.05, 3.63) is 33.2 Å². The van der Waals surface area contributed by atoms with Crippen LogP contribution < -0.4 is 5.56 Å². The fourth-order valence-electron chi connectivity index (χ4n) is 2.32. The van der Waals surface area contributed by atoms with Crippen LogP contribution in [-0.4, -0.2) is 18.1 Å². The number of aromatic amines is 1. The van der Waals surface area contributed by atoms with E-state index in [2.05, 4.69) is 23.6 Å². The third kappa shape index (κ3) is 2.25. The number of hydrogen-bond acceptors (Lipinski definition) is 3. The first-order valence-corrected chi connectivity index (χ1v) is 5.76. The minimum Gasteiger partial charge on any atom is -0.465 e. The number of aromatic nitrogens is 1. The van der Waals surface area contributed by atoms with Gasteiger partial charge in [-0.05, 0) is 36.3 Å². The monoisotopic (exact) mass is 235 g/mol. The second-order valence-electron chi connectivity index (χ2n) is 5.35. The number of pyridine rings is 1. The van der Waals surface area contributed by atoms with Crippen LogP contribution >= 0.6 is 0 Å². The number of carbonyl (C=O) groups excluding carboxylic acids is 1. The van der Waals surface area contributed by atoms with Gasteiger partial charge in [0.25, 0.3) is 5.56 Å². The summed E-state index contributed by atoms with van der Waals surface area (Å²) in [5.74, 6) is -0.572. The van der Waals surface area contributed by atoms with E-state index in [9.17, 15) is 9.59 Å². The van der Waals surface area contributed by atoms with E-state index in [1.165, 1.54) is 7.11 Å². The summed E-state index contributed by atoms with van der Waals surface area (Å²) in [5, 5.41) is 0. The number of aryl methyl sites for hydroxylation is 1. The highest BCUT2D eigenvalue weighted by atomic mass is 16.5. The highest BCUT2D eigenvalue weighted by molar-refractivity contribution is 5.89. The predicted molar refractivity (Wildman–Crippen MR) is 64.2 cm³/mol. The van der Waals surface area contributed by atoms with Crippen LogP contribution in [0.2, 0.25) is 0 Å². The Morgan fingerprint density at radius 1 is 1.47 bits per heavy atom. The second kappa shape index (κ2) is 4.02. The van der Waals surface area contributed by atoms with Gasteiger partial charge in [-0.15, -0.1) is 0 Å². The minimum absolute atomic E-state index is 0.101. The van der Waals surface area contributed by atoms with E-state index in [0.717, 1.165) is 30.5 Å². The van der Waals surface area contributed by atoms with Gasteiger partial charge in [-0.1, -0.05) is 13.8 Å². The van der Waals surface area contributed by atoms with Crippen molar-refractivity contribution in [2.45, 2.75) is 33.1 Å². The zero-order chi connectivity index (χ0) is 12.6. The van der Waals surface area contributed by atoms with Gasteiger partial charge in [-0.2, -0.15) is 0 Å². The maximum Gasteiger partial charge on any atom is 0.343 e. The lowest BCUT2D eigenvalue weighted by Crippen LogP contribution is -2.28. The molecule has 0 amide bonds. The Labute approximate surface area is 100 Å². The molecule has 0 saturated carbocycles. The molecule has 1 N–H and O–H groups in total. The Morgan fingerprint density at radius 2 is 2.18 bits per heavy atom. The van der Waals surface area contributed by atoms with E-state index in [0.29, 0.717) is 0 Å². The molecule has 0 saturated heterocycles. The van der Waals surface area contributed by atoms with Crippen molar-refractivity contribution in [3.63, 3.8) is 0 Å². The van der Waals surface area contributed by atoms with Gasteiger partial charge in [-0.3, -0.25) is 4.79 Å². The number of esters is 1. The summed E-state index contributed by atoms with van der Waals surface area (Å²) in [6.07, 6.45) is 2.79. The number of rotatable bonds is 1. The predicted octanol–water partition coefficient (Wildman–Crippen LogP) is 1.68. The summed E-state index contributed by atoms with van der Waals surface area (Å²) < 4.78 is 4.60. The highest BCUT2D eigenvalue weighted by Crippen LogP contribution is 2.33. The van der Waals surface area contributed by atoms with E-state index in [1.807, 2.05) is 0 Å². The smallest absolute Gasteiger partial charge is 0.343 e. The standard InChI is InChI=1S/C13H17NO3/c1-13(2)5-4-10-8(7-13)6-9(11(15)14-10)12(16)17-3/h6H,4-5,7H2,1-3H3,(H,14,15). The SMILES string of the molecule is COC(=O)c1cc2c([nH]c1=O)CCC(C)(C)C2. The molecule has 0 radical (unpaired) electrons. The van der Waals surface area contributed by atoms with Gasteiger partial charge in [-0.25, -0.2) is 4.79 Å². The average molecular weight is 235 g/mol. The lowest BCUT2D eigenvalue weighted by Gasteiger charge is -2.30. The topological polar surface area (TPSA) is 59.2 Å². The van der Waals surface area contributed by atoms with Crippen molar-refractivity contribution in [1.82, 2.24) is 4.98 Å². The number of fused-ring (bicyclic) bond motifs is 1. The molecule has 4 heteroatoms. The molecule has 0 aliphatic heterocycles. The van der Waals surface area contributed by atoms with Crippen LogP contribution in [0.3, 0.4) is 0 Å². The molecule has 1 heterocycles. The summed E-state index contributed by atoms with van der Waals surface area (Å²) in [5.41, 5.74) is 1.99. The molecule has 4 nitrogen and oxygen atoms in total. The van der Waals surface area contributed by atoms with E-state index in [1.54, 1.807) is 6.07 Å². The Bertz CT molecular complexity index is 514. The van der Waals surface area contributed by atoms with Gasteiger partial charge in [0.2, 0.25) is 0 Å². The van der Waals surface area contributed by atoms with Crippen LogP contribution in [0.4, 0.5) is 0 Å². The summed E-state index contributed by atoms with van der Waals surface area (Å²) in [6.45, 7) is 4.39. The molecule has 0 aromatic carbocycles. The third-order valence-corrected chi connectivity index (χ3v) is 3.34. The zero-order valence-corrected chi connectivity index (χ0v) is 10.4. The van der Waals surface area contributed by atoms with Crippen LogP contribution in [0.5, 0.6) is 0 Å². The van der Waals surface area contributed by atoms with Crippen LogP contribution in [0.25, 0.3) is 0 Å². The Kier molecular flexibility index (Phi) is 2.81. The number of nitrogens with one attached hydrogen (secondary N) is 1. The molecular formula is C13H17NO3. The highest BCUT2D eigenvalue weighted by Gasteiger charge is 2.27. The van der Waals surface area contributed by atoms with Crippen LogP contribution in [-0.2, 0) is 17.6 Å². The molecule has 1 aromatic rings. The molecule has 0 atom stereocenters. The zero-order valence-electron chi connectivity index (χ0n) is 10.4. The van der Waals surface area contributed by atoms with Crippen LogP contribution in [0, 0.1) is 5.41 Å². The summed E-state index contributed by atoms with van der Waals surface area (Å²) >= 11 is 0. The van der Waals surface area contributed by atoms with Gasteiger partial charge < -0.3 is 9.72 Å². The van der Waals surface area contributed by atoms with Gasteiger partial charge in [0.15, 0.2) is 0 Å². The van der Waals surface area contributed by atoms with Gasteiger partial charge >= 0.3 is 5.97 Å². The number of hydrogen-bond donors (Lipinski definition) is 1. The largest absolute Gasteiger partial charge is 0.465 e. The molecule has 1 aliphatic rings. The molecule has 0 unspecified atom stereocenters. The second-order valence-corrected chi connectivity index (χ2v) is 5.35. The first kappa shape index (κ1) is 11.9. The van der Waals surface area contributed by atoms with Crippen LogP contribution in [0.15, 0.2) is 10.9 Å². The lowest BCUT2D eigenvalue weighted by molar-refractivity contribution is 0.0598. The van der Waals surface area contributed by atoms with Gasteiger partial charge in [0.05, 0.1) is 7.11 Å². The van der Waals surface area contributed by atoms with Crippen molar-refractivity contribution in [1.29, 1.82) is 0 Å². The molecule has 17 heavy (non-hydrogen) atoms. The molecule has 2 rings (SSSR count). The van der Waals surface area contributed by atoms with Crippen molar-refractivity contribution in [2.24, 2.45) is 5.41 Å². The fraction of sp³-hybridized carbons (Fsp3) is 0.538. The maximum atomic E-state index is 11.7. The molecule has 92 valence electrons. The van der Waals surface area contributed by atoms with Crippen molar-refractivity contribution in [2.75, 3.05) is 7.11 Å². The molecular weight excluding hydrogens is 218 g/mol. The first-order chi connectivity index (χ1) is 7.93. The number of carbonyl (C=O) groups is 1. The molecule has 0 bridgehead atoms. The van der Waals surface area contributed by atoms with Gasteiger partial charge in [0, 0.05) is 5.69 Å². The third-order valence-electron chi connectivity index (χ3n) is 3.34. The van der Waals surface area contributed by atoms with Crippen molar-refractivity contribution >= 4 is 5.97 Å². The molecule has 1 aliphatic carbocycles. The number of H-pyrrole nitrogens is 1. The summed E-state index contributed by atoms with van der Waals surface area (Å²) in [4.78, 5) is 25.9. The lowest BCUT2D eigenvalue weighted by atomic mass is 9.76. The quantitative estimate of drug-likeness (QED) is 0.753. The Hall–Kier alpha value is -1.58. The first-order valence-electron chi connectivity index (χ1n) is 5.76. The number of methoxy groups -OCH3 is 1.